The van der Waals surface area contributed by atoms with Gasteiger partial charge in [0.1, 0.15) is 11.6 Å². The van der Waals surface area contributed by atoms with E-state index in [0.29, 0.717) is 19.1 Å². The highest BCUT2D eigenvalue weighted by Crippen LogP contribution is 2.11. The first-order chi connectivity index (χ1) is 12.6. The second-order valence-corrected chi connectivity index (χ2v) is 5.84. The van der Waals surface area contributed by atoms with Gasteiger partial charge in [-0.3, -0.25) is 4.99 Å². The molecule has 0 fully saturated rings. The summed E-state index contributed by atoms with van der Waals surface area (Å²) < 4.78 is 32.6. The van der Waals surface area contributed by atoms with Crippen molar-refractivity contribution in [2.24, 2.45) is 4.99 Å². The zero-order valence-corrected chi connectivity index (χ0v) is 15.2. The molecule has 0 atom stereocenters. The van der Waals surface area contributed by atoms with E-state index in [1.54, 1.807) is 7.05 Å². The molecule has 0 bridgehead atoms. The van der Waals surface area contributed by atoms with Crippen LogP contribution in [0.5, 0.6) is 0 Å². The lowest BCUT2D eigenvalue weighted by molar-refractivity contribution is 0.121. The Balaban J connectivity index is 1.92. The van der Waals surface area contributed by atoms with Crippen LogP contribution in [0.3, 0.4) is 0 Å². The van der Waals surface area contributed by atoms with Crippen LogP contribution >= 0.6 is 0 Å². The summed E-state index contributed by atoms with van der Waals surface area (Å²) in [5.74, 6) is -0.405. The van der Waals surface area contributed by atoms with Crippen LogP contribution < -0.4 is 10.6 Å². The van der Waals surface area contributed by atoms with Gasteiger partial charge in [0.15, 0.2) is 5.96 Å². The standard InChI is InChI=1S/C20H25F2N3O/c1-3-10-26-14-16-7-5-4-6-15(16)12-24-20(23-2)25-13-17-11-18(21)8-9-19(17)22/h4-9,11H,3,10,12-14H2,1-2H3,(H2,23,24,25). The molecule has 0 radical (unpaired) electrons. The minimum absolute atomic E-state index is 0.143. The highest BCUT2D eigenvalue weighted by atomic mass is 19.1. The molecule has 2 aromatic carbocycles. The molecular weight excluding hydrogens is 336 g/mol. The lowest BCUT2D eigenvalue weighted by atomic mass is 10.1. The molecular formula is C20H25F2N3O. The largest absolute Gasteiger partial charge is 0.377 e. The summed E-state index contributed by atoms with van der Waals surface area (Å²) in [6.07, 6.45) is 0.980. The second-order valence-electron chi connectivity index (χ2n) is 5.84. The van der Waals surface area contributed by atoms with Crippen molar-refractivity contribution < 1.29 is 13.5 Å². The van der Waals surface area contributed by atoms with Gasteiger partial charge in [0.2, 0.25) is 0 Å². The highest BCUT2D eigenvalue weighted by Gasteiger charge is 2.07. The van der Waals surface area contributed by atoms with Gasteiger partial charge in [0, 0.05) is 32.3 Å². The van der Waals surface area contributed by atoms with Crippen LogP contribution in [0.1, 0.15) is 30.0 Å². The maximum atomic E-state index is 13.7. The van der Waals surface area contributed by atoms with Gasteiger partial charge < -0.3 is 15.4 Å². The molecule has 0 spiro atoms. The maximum Gasteiger partial charge on any atom is 0.191 e. The van der Waals surface area contributed by atoms with E-state index in [1.807, 2.05) is 24.3 Å². The minimum Gasteiger partial charge on any atom is -0.377 e. The predicted octanol–water partition coefficient (Wildman–Crippen LogP) is 3.76. The van der Waals surface area contributed by atoms with E-state index in [1.165, 1.54) is 6.07 Å². The van der Waals surface area contributed by atoms with Crippen LogP contribution in [0, 0.1) is 11.6 Å². The molecule has 4 nitrogen and oxygen atoms in total. The summed E-state index contributed by atoms with van der Waals surface area (Å²) >= 11 is 0. The predicted molar refractivity (Wildman–Crippen MR) is 99.8 cm³/mol. The smallest absolute Gasteiger partial charge is 0.191 e. The summed E-state index contributed by atoms with van der Waals surface area (Å²) in [7, 11) is 1.63. The summed E-state index contributed by atoms with van der Waals surface area (Å²) in [6, 6.07) is 11.4. The number of hydrogen-bond acceptors (Lipinski definition) is 2. The average Bonchev–Trinajstić information content (AvgIpc) is 2.65. The van der Waals surface area contributed by atoms with E-state index < -0.39 is 11.6 Å². The van der Waals surface area contributed by atoms with E-state index >= 15 is 0 Å². The Morgan fingerprint density at radius 1 is 1.00 bits per heavy atom. The van der Waals surface area contributed by atoms with Crippen molar-refractivity contribution in [2.45, 2.75) is 33.0 Å². The fourth-order valence-electron chi connectivity index (χ4n) is 2.45. The molecule has 2 N–H and O–H groups in total. The van der Waals surface area contributed by atoms with Gasteiger partial charge in [-0.2, -0.15) is 0 Å². The molecule has 0 aliphatic carbocycles. The number of nitrogens with one attached hydrogen (secondary N) is 2. The molecule has 0 aromatic heterocycles. The van der Waals surface area contributed by atoms with Gasteiger partial charge in [0.05, 0.1) is 6.61 Å². The van der Waals surface area contributed by atoms with E-state index in [-0.39, 0.29) is 12.1 Å². The minimum atomic E-state index is -0.466. The molecule has 0 amide bonds. The highest BCUT2D eigenvalue weighted by molar-refractivity contribution is 5.79. The van der Waals surface area contributed by atoms with Crippen LogP contribution in [-0.2, 0) is 24.4 Å². The van der Waals surface area contributed by atoms with Crippen molar-refractivity contribution in [1.29, 1.82) is 0 Å². The zero-order chi connectivity index (χ0) is 18.8. The number of ether oxygens (including phenoxy) is 1. The lowest BCUT2D eigenvalue weighted by Gasteiger charge is -2.15. The number of aliphatic imine (C=N–C) groups is 1. The molecule has 2 aromatic rings. The zero-order valence-electron chi connectivity index (χ0n) is 15.2. The van der Waals surface area contributed by atoms with Gasteiger partial charge >= 0.3 is 0 Å². The lowest BCUT2D eigenvalue weighted by Crippen LogP contribution is -2.36. The maximum absolute atomic E-state index is 13.7. The topological polar surface area (TPSA) is 45.6 Å². The quantitative estimate of drug-likeness (QED) is 0.428. The van der Waals surface area contributed by atoms with Gasteiger partial charge in [-0.05, 0) is 35.7 Å². The van der Waals surface area contributed by atoms with Gasteiger partial charge in [0.25, 0.3) is 0 Å². The molecule has 0 aliphatic rings. The van der Waals surface area contributed by atoms with Crippen molar-refractivity contribution in [2.75, 3.05) is 13.7 Å². The van der Waals surface area contributed by atoms with E-state index in [4.69, 9.17) is 4.74 Å². The Hall–Kier alpha value is -2.47. The number of hydrogen-bond donors (Lipinski definition) is 2. The Bertz CT molecular complexity index is 735. The normalized spacial score (nSPS) is 11.5. The second kappa shape index (κ2) is 10.5. The molecule has 0 heterocycles. The van der Waals surface area contributed by atoms with Crippen LogP contribution in [0.15, 0.2) is 47.5 Å². The average molecular weight is 361 g/mol. The number of guanidine groups is 1. The number of nitrogens with zero attached hydrogens (tertiary/aromatic N) is 1. The summed E-state index contributed by atoms with van der Waals surface area (Å²) in [5, 5.41) is 6.18. The van der Waals surface area contributed by atoms with Crippen molar-refractivity contribution in [3.05, 3.63) is 70.8 Å². The fraction of sp³-hybridized carbons (Fsp3) is 0.350. The van der Waals surface area contributed by atoms with E-state index in [2.05, 4.69) is 22.5 Å². The SMILES string of the molecule is CCCOCc1ccccc1CNC(=NC)NCc1cc(F)ccc1F. The van der Waals surface area contributed by atoms with Crippen molar-refractivity contribution >= 4 is 5.96 Å². The summed E-state index contributed by atoms with van der Waals surface area (Å²) in [4.78, 5) is 4.12. The Labute approximate surface area is 153 Å². The van der Waals surface area contributed by atoms with Gasteiger partial charge in [-0.15, -0.1) is 0 Å². The molecule has 140 valence electrons. The Kier molecular flexibility index (Phi) is 8.02. The van der Waals surface area contributed by atoms with Crippen molar-refractivity contribution in [3.63, 3.8) is 0 Å². The van der Waals surface area contributed by atoms with E-state index in [9.17, 15) is 8.78 Å². The third kappa shape index (κ3) is 6.11. The molecule has 0 aliphatic heterocycles. The number of halogens is 2. The molecule has 0 saturated carbocycles. The fourth-order valence-corrected chi connectivity index (χ4v) is 2.45. The third-order valence-corrected chi connectivity index (χ3v) is 3.85. The monoisotopic (exact) mass is 361 g/mol. The summed E-state index contributed by atoms with van der Waals surface area (Å²) in [6.45, 7) is 4.06. The van der Waals surface area contributed by atoms with Gasteiger partial charge in [-0.1, -0.05) is 31.2 Å². The van der Waals surface area contributed by atoms with Crippen LogP contribution in [0.4, 0.5) is 8.78 Å². The van der Waals surface area contributed by atoms with Crippen molar-refractivity contribution in [3.8, 4) is 0 Å². The molecule has 0 saturated heterocycles. The molecule has 0 unspecified atom stereocenters. The molecule has 26 heavy (non-hydrogen) atoms. The van der Waals surface area contributed by atoms with E-state index in [0.717, 1.165) is 36.3 Å². The first kappa shape index (κ1) is 19.8. The molecule has 2 rings (SSSR count). The van der Waals surface area contributed by atoms with Crippen LogP contribution in [0.2, 0.25) is 0 Å². The number of rotatable bonds is 8. The Morgan fingerprint density at radius 2 is 1.69 bits per heavy atom. The number of benzene rings is 2. The van der Waals surface area contributed by atoms with Crippen LogP contribution in [0.25, 0.3) is 0 Å². The molecule has 6 heteroatoms. The Morgan fingerprint density at radius 3 is 2.38 bits per heavy atom. The first-order valence-corrected chi connectivity index (χ1v) is 8.67. The summed E-state index contributed by atoms with van der Waals surface area (Å²) in [5.41, 5.74) is 2.46. The van der Waals surface area contributed by atoms with Gasteiger partial charge in [-0.25, -0.2) is 8.78 Å². The third-order valence-electron chi connectivity index (χ3n) is 3.85. The van der Waals surface area contributed by atoms with Crippen LogP contribution in [-0.4, -0.2) is 19.6 Å². The first-order valence-electron chi connectivity index (χ1n) is 8.67. The van der Waals surface area contributed by atoms with Crippen molar-refractivity contribution in [1.82, 2.24) is 10.6 Å².